The maximum atomic E-state index is 12.4. The van der Waals surface area contributed by atoms with Gasteiger partial charge in [0.2, 0.25) is 0 Å². The van der Waals surface area contributed by atoms with Crippen LogP contribution in [0.2, 0.25) is 0 Å². The Morgan fingerprint density at radius 1 is 0.964 bits per heavy atom. The van der Waals surface area contributed by atoms with Crippen molar-refractivity contribution in [2.24, 2.45) is 5.92 Å². The third-order valence-electron chi connectivity index (χ3n) is 4.64. The lowest BCUT2D eigenvalue weighted by atomic mass is 9.97. The molecule has 0 aliphatic carbocycles. The maximum absolute atomic E-state index is 12.4. The van der Waals surface area contributed by atoms with Crippen LogP contribution >= 0.6 is 0 Å². The molecule has 0 unspecified atom stereocenters. The second kappa shape index (κ2) is 9.78. The number of hydrogen-bond donors (Lipinski definition) is 0. The molecule has 0 spiro atoms. The number of benzene rings is 2. The van der Waals surface area contributed by atoms with Gasteiger partial charge in [-0.2, -0.15) is 0 Å². The van der Waals surface area contributed by atoms with E-state index in [2.05, 4.69) is 0 Å². The highest BCUT2D eigenvalue weighted by molar-refractivity contribution is 5.76. The minimum atomic E-state index is -0.319. The van der Waals surface area contributed by atoms with Crippen LogP contribution in [0.25, 0.3) is 0 Å². The maximum Gasteiger partial charge on any atom is 0.409 e. The molecule has 0 N–H and O–H groups in total. The lowest BCUT2D eigenvalue weighted by molar-refractivity contribution is -0.140. The van der Waals surface area contributed by atoms with Crippen LogP contribution in [-0.4, -0.2) is 36.7 Å². The fourth-order valence-corrected chi connectivity index (χ4v) is 3.06. The molecule has 0 bridgehead atoms. The highest BCUT2D eigenvalue weighted by Gasteiger charge is 2.29. The molecule has 0 saturated carbocycles. The van der Waals surface area contributed by atoms with Gasteiger partial charge in [-0.25, -0.2) is 4.79 Å². The van der Waals surface area contributed by atoms with Crippen molar-refractivity contribution in [3.05, 3.63) is 60.2 Å². The summed E-state index contributed by atoms with van der Waals surface area (Å²) < 4.78 is 16.2. The van der Waals surface area contributed by atoms with Crippen LogP contribution in [0, 0.1) is 5.92 Å². The van der Waals surface area contributed by atoms with Crippen LogP contribution in [0.3, 0.4) is 0 Å². The van der Waals surface area contributed by atoms with Gasteiger partial charge in [0.25, 0.3) is 0 Å². The number of ether oxygens (including phenoxy) is 3. The van der Waals surface area contributed by atoms with Crippen LogP contribution in [0.15, 0.2) is 54.6 Å². The number of hydrogen-bond acceptors (Lipinski definition) is 5. The lowest BCUT2D eigenvalue weighted by Gasteiger charge is -2.29. The second-order valence-corrected chi connectivity index (χ2v) is 6.63. The molecule has 0 aromatic heterocycles. The molecule has 148 valence electrons. The Morgan fingerprint density at radius 2 is 1.61 bits per heavy atom. The van der Waals surface area contributed by atoms with Gasteiger partial charge in [0, 0.05) is 13.1 Å². The van der Waals surface area contributed by atoms with Gasteiger partial charge in [-0.15, -0.1) is 0 Å². The molecule has 1 fully saturated rings. The first-order valence-electron chi connectivity index (χ1n) is 9.56. The lowest BCUT2D eigenvalue weighted by Crippen LogP contribution is -2.41. The van der Waals surface area contributed by atoms with E-state index in [1.165, 1.54) is 0 Å². The molecule has 6 nitrogen and oxygen atoms in total. The summed E-state index contributed by atoms with van der Waals surface area (Å²) in [7, 11) is 0. The van der Waals surface area contributed by atoms with E-state index in [1.54, 1.807) is 36.1 Å². The number of esters is 1. The Hall–Kier alpha value is -3.02. The van der Waals surface area contributed by atoms with Crippen LogP contribution in [0.4, 0.5) is 4.79 Å². The minimum absolute atomic E-state index is 0.209. The van der Waals surface area contributed by atoms with Crippen molar-refractivity contribution in [1.29, 1.82) is 0 Å². The predicted molar refractivity (Wildman–Crippen MR) is 104 cm³/mol. The monoisotopic (exact) mass is 383 g/mol. The van der Waals surface area contributed by atoms with Crippen molar-refractivity contribution in [1.82, 2.24) is 4.90 Å². The van der Waals surface area contributed by atoms with Gasteiger partial charge in [0.1, 0.15) is 18.1 Å². The van der Waals surface area contributed by atoms with E-state index in [0.29, 0.717) is 50.6 Å². The fraction of sp³-hybridized carbons (Fsp3) is 0.364. The van der Waals surface area contributed by atoms with Crippen molar-refractivity contribution >= 4 is 12.1 Å². The fourth-order valence-electron chi connectivity index (χ4n) is 3.06. The molecule has 1 aliphatic rings. The molecular formula is C22H25NO5. The van der Waals surface area contributed by atoms with Gasteiger partial charge in [0.05, 0.1) is 12.5 Å². The van der Waals surface area contributed by atoms with E-state index >= 15 is 0 Å². The molecule has 2 aromatic carbocycles. The Balaban J connectivity index is 1.45. The van der Waals surface area contributed by atoms with Crippen LogP contribution in [0.5, 0.6) is 11.5 Å². The summed E-state index contributed by atoms with van der Waals surface area (Å²) in [4.78, 5) is 25.7. The molecule has 2 aromatic rings. The average Bonchev–Trinajstić information content (AvgIpc) is 2.74. The standard InChI is InChI=1S/C22H25NO5/c1-2-26-22(25)23-14-12-18(13-15-23)21(24)28-20-10-8-19(9-11-20)27-16-17-6-4-3-5-7-17/h3-11,18H,2,12-16H2,1H3. The van der Waals surface area contributed by atoms with E-state index < -0.39 is 0 Å². The summed E-state index contributed by atoms with van der Waals surface area (Å²) in [6.07, 6.45) is 0.840. The number of carbonyl (C=O) groups is 2. The van der Waals surface area contributed by atoms with Gasteiger partial charge in [-0.3, -0.25) is 4.79 Å². The molecule has 0 radical (unpaired) electrons. The summed E-state index contributed by atoms with van der Waals surface area (Å²) in [6, 6.07) is 16.9. The predicted octanol–water partition coefficient (Wildman–Crippen LogP) is 4.04. The van der Waals surface area contributed by atoms with Crippen molar-refractivity contribution in [2.75, 3.05) is 19.7 Å². The molecule has 1 heterocycles. The molecule has 0 atom stereocenters. The first-order chi connectivity index (χ1) is 13.7. The first kappa shape index (κ1) is 19.7. The zero-order chi connectivity index (χ0) is 19.8. The summed E-state index contributed by atoms with van der Waals surface area (Å²) in [6.45, 7) is 3.63. The second-order valence-electron chi connectivity index (χ2n) is 6.63. The molecule has 1 amide bonds. The Labute approximate surface area is 165 Å². The Kier molecular flexibility index (Phi) is 6.89. The SMILES string of the molecule is CCOC(=O)N1CCC(C(=O)Oc2ccc(OCc3ccccc3)cc2)CC1. The molecule has 1 aliphatic heterocycles. The van der Waals surface area contributed by atoms with E-state index in [1.807, 2.05) is 30.3 Å². The third-order valence-corrected chi connectivity index (χ3v) is 4.64. The quantitative estimate of drug-likeness (QED) is 0.556. The highest BCUT2D eigenvalue weighted by atomic mass is 16.6. The van der Waals surface area contributed by atoms with Crippen molar-refractivity contribution < 1.29 is 23.8 Å². The summed E-state index contributed by atoms with van der Waals surface area (Å²) in [5.41, 5.74) is 1.09. The number of amides is 1. The van der Waals surface area contributed by atoms with E-state index in [9.17, 15) is 9.59 Å². The number of rotatable bonds is 6. The number of carbonyl (C=O) groups excluding carboxylic acids is 2. The molecule has 28 heavy (non-hydrogen) atoms. The van der Waals surface area contributed by atoms with E-state index in [-0.39, 0.29) is 18.0 Å². The van der Waals surface area contributed by atoms with E-state index in [0.717, 1.165) is 5.56 Å². The largest absolute Gasteiger partial charge is 0.489 e. The van der Waals surface area contributed by atoms with Gasteiger partial charge >= 0.3 is 12.1 Å². The summed E-state index contributed by atoms with van der Waals surface area (Å²) >= 11 is 0. The average molecular weight is 383 g/mol. The normalized spacial score (nSPS) is 14.4. The molecule has 3 rings (SSSR count). The molecule has 1 saturated heterocycles. The topological polar surface area (TPSA) is 65.1 Å². The number of likely N-dealkylation sites (tertiary alicyclic amines) is 1. The van der Waals surface area contributed by atoms with Crippen molar-refractivity contribution in [2.45, 2.75) is 26.4 Å². The van der Waals surface area contributed by atoms with E-state index in [4.69, 9.17) is 14.2 Å². The zero-order valence-corrected chi connectivity index (χ0v) is 16.0. The Morgan fingerprint density at radius 3 is 2.25 bits per heavy atom. The van der Waals surface area contributed by atoms with Crippen LogP contribution < -0.4 is 9.47 Å². The van der Waals surface area contributed by atoms with Crippen LogP contribution in [-0.2, 0) is 16.1 Å². The van der Waals surface area contributed by atoms with Gasteiger partial charge < -0.3 is 19.1 Å². The van der Waals surface area contributed by atoms with Gasteiger partial charge in [-0.1, -0.05) is 30.3 Å². The number of nitrogens with zero attached hydrogens (tertiary/aromatic N) is 1. The zero-order valence-electron chi connectivity index (χ0n) is 16.0. The van der Waals surface area contributed by atoms with Crippen LogP contribution in [0.1, 0.15) is 25.3 Å². The number of piperidine rings is 1. The Bertz CT molecular complexity index is 767. The third kappa shape index (κ3) is 5.49. The van der Waals surface area contributed by atoms with Gasteiger partial charge in [0.15, 0.2) is 0 Å². The van der Waals surface area contributed by atoms with Crippen molar-refractivity contribution in [3.8, 4) is 11.5 Å². The summed E-state index contributed by atoms with van der Waals surface area (Å²) in [5.74, 6) is 0.734. The smallest absolute Gasteiger partial charge is 0.409 e. The van der Waals surface area contributed by atoms with Crippen molar-refractivity contribution in [3.63, 3.8) is 0 Å². The van der Waals surface area contributed by atoms with Gasteiger partial charge in [-0.05, 0) is 49.6 Å². The minimum Gasteiger partial charge on any atom is -0.489 e. The first-order valence-corrected chi connectivity index (χ1v) is 9.56. The molecular weight excluding hydrogens is 358 g/mol. The molecule has 6 heteroatoms. The summed E-state index contributed by atoms with van der Waals surface area (Å²) in [5, 5.41) is 0. The highest BCUT2D eigenvalue weighted by Crippen LogP contribution is 2.23.